The number of nitrogens with one attached hydrogen (secondary N) is 1. The van der Waals surface area contributed by atoms with Crippen LogP contribution in [0.3, 0.4) is 0 Å². The Morgan fingerprint density at radius 3 is 2.45 bits per heavy atom. The van der Waals surface area contributed by atoms with Crippen molar-refractivity contribution in [1.29, 1.82) is 0 Å². The number of rotatable bonds is 6. The maximum Gasteiger partial charge on any atom is 0.328 e. The van der Waals surface area contributed by atoms with Crippen LogP contribution in [0.25, 0.3) is 0 Å². The lowest BCUT2D eigenvalue weighted by Gasteiger charge is -2.40. The number of carbonyl (C=O) groups is 4. The number of ether oxygens (including phenoxy) is 1. The van der Waals surface area contributed by atoms with E-state index < -0.39 is 23.3 Å². The lowest BCUT2D eigenvalue weighted by atomic mass is 9.93. The first-order valence-electron chi connectivity index (χ1n) is 10.8. The van der Waals surface area contributed by atoms with Crippen molar-refractivity contribution >= 4 is 34.7 Å². The molecule has 0 aliphatic carbocycles. The van der Waals surface area contributed by atoms with Crippen LogP contribution < -0.4 is 5.32 Å². The number of benzene rings is 1. The van der Waals surface area contributed by atoms with Gasteiger partial charge in [-0.1, -0.05) is 42.1 Å². The number of methoxy groups -OCH3 is 1. The molecule has 2 fully saturated rings. The number of nitrogens with zero attached hydrogens (tertiary/aromatic N) is 1. The summed E-state index contributed by atoms with van der Waals surface area (Å²) in [6, 6.07) is 8.21. The van der Waals surface area contributed by atoms with Gasteiger partial charge in [0.05, 0.1) is 12.4 Å². The number of thioether (sulfide) groups is 1. The second kappa shape index (κ2) is 10.8. The molecule has 31 heavy (non-hydrogen) atoms. The highest BCUT2D eigenvalue weighted by atomic mass is 32.2. The van der Waals surface area contributed by atoms with Gasteiger partial charge in [0.2, 0.25) is 11.8 Å². The Balaban J connectivity index is 1.75. The fourth-order valence-electron chi connectivity index (χ4n) is 4.54. The Morgan fingerprint density at radius 2 is 1.81 bits per heavy atom. The zero-order chi connectivity index (χ0) is 22.4. The van der Waals surface area contributed by atoms with Crippen LogP contribution in [0, 0.1) is 0 Å². The van der Waals surface area contributed by atoms with Crippen LogP contribution in [0.5, 0.6) is 0 Å². The van der Waals surface area contributed by atoms with Crippen LogP contribution >= 0.6 is 11.8 Å². The van der Waals surface area contributed by atoms with E-state index in [4.69, 9.17) is 4.74 Å². The number of piperidine rings is 1. The number of hydrogen-bond donors (Lipinski definition) is 1. The molecule has 8 heteroatoms. The van der Waals surface area contributed by atoms with Crippen molar-refractivity contribution in [3.05, 3.63) is 35.9 Å². The van der Waals surface area contributed by atoms with Crippen LogP contribution in [0.15, 0.2) is 30.3 Å². The van der Waals surface area contributed by atoms with E-state index in [2.05, 4.69) is 5.32 Å². The first-order chi connectivity index (χ1) is 14.9. The minimum atomic E-state index is -0.700. The van der Waals surface area contributed by atoms with E-state index in [1.165, 1.54) is 14.0 Å². The number of amides is 2. The molecule has 0 spiro atoms. The molecule has 0 unspecified atom stereocenters. The smallest absolute Gasteiger partial charge is 0.328 e. The average Bonchev–Trinajstić information content (AvgIpc) is 2.92. The molecule has 1 aromatic carbocycles. The summed E-state index contributed by atoms with van der Waals surface area (Å²) in [6.07, 6.45) is 4.82. The Kier molecular flexibility index (Phi) is 8.12. The molecule has 2 heterocycles. The van der Waals surface area contributed by atoms with E-state index in [1.54, 1.807) is 4.90 Å². The maximum atomic E-state index is 13.4. The molecule has 3 rings (SSSR count). The average molecular weight is 447 g/mol. The van der Waals surface area contributed by atoms with Crippen molar-refractivity contribution in [3.8, 4) is 0 Å². The van der Waals surface area contributed by atoms with Crippen LogP contribution in [-0.2, 0) is 30.3 Å². The highest BCUT2D eigenvalue weighted by Gasteiger charge is 2.43. The molecule has 4 atom stereocenters. The molecule has 2 saturated heterocycles. The molecular formula is C23H30N2O5S. The van der Waals surface area contributed by atoms with Gasteiger partial charge in [-0.15, -0.1) is 0 Å². The van der Waals surface area contributed by atoms with E-state index >= 15 is 0 Å². The van der Waals surface area contributed by atoms with Gasteiger partial charge < -0.3 is 15.0 Å². The van der Waals surface area contributed by atoms with Gasteiger partial charge >= 0.3 is 5.97 Å². The highest BCUT2D eigenvalue weighted by molar-refractivity contribution is 8.14. The summed E-state index contributed by atoms with van der Waals surface area (Å²) in [5, 5.41) is 2.12. The van der Waals surface area contributed by atoms with Crippen molar-refractivity contribution < 1.29 is 23.9 Å². The fraction of sp³-hybridized carbons (Fsp3) is 0.565. The van der Waals surface area contributed by atoms with E-state index in [0.29, 0.717) is 19.3 Å². The third kappa shape index (κ3) is 5.87. The number of carbonyl (C=O) groups excluding carboxylic acids is 4. The molecule has 1 N–H and O–H groups in total. The summed E-state index contributed by atoms with van der Waals surface area (Å²) in [7, 11) is 1.33. The molecule has 0 radical (unpaired) electrons. The lowest BCUT2D eigenvalue weighted by Crippen LogP contribution is -2.58. The van der Waals surface area contributed by atoms with Crippen molar-refractivity contribution in [1.82, 2.24) is 10.2 Å². The SMILES string of the molecule is COC(=O)[C@@H]1CCC[C@@H]2CCC[C@H](NC(=O)[C@H](Cc3ccccc3)SC(C)=O)C(=O)N21. The topological polar surface area (TPSA) is 92.8 Å². The van der Waals surface area contributed by atoms with Crippen molar-refractivity contribution in [2.45, 2.75) is 75.2 Å². The number of fused-ring (bicyclic) bond motifs is 1. The van der Waals surface area contributed by atoms with Gasteiger partial charge in [0.25, 0.3) is 0 Å². The molecule has 1 aromatic rings. The quantitative estimate of drug-likeness (QED) is 0.675. The minimum Gasteiger partial charge on any atom is -0.467 e. The molecule has 7 nitrogen and oxygen atoms in total. The molecule has 0 bridgehead atoms. The van der Waals surface area contributed by atoms with Gasteiger partial charge in [-0.05, 0) is 50.5 Å². The van der Waals surface area contributed by atoms with Gasteiger partial charge in [-0.25, -0.2) is 4.79 Å². The largest absolute Gasteiger partial charge is 0.467 e. The van der Waals surface area contributed by atoms with E-state index in [1.807, 2.05) is 30.3 Å². The number of esters is 1. The van der Waals surface area contributed by atoms with Crippen LogP contribution in [-0.4, -0.2) is 58.3 Å². The van der Waals surface area contributed by atoms with Crippen LogP contribution in [0.1, 0.15) is 51.0 Å². The second-order valence-electron chi connectivity index (χ2n) is 8.15. The van der Waals surface area contributed by atoms with Crippen molar-refractivity contribution in [2.24, 2.45) is 0 Å². The van der Waals surface area contributed by atoms with Gasteiger partial charge in [0.15, 0.2) is 5.12 Å². The lowest BCUT2D eigenvalue weighted by molar-refractivity contribution is -0.158. The first kappa shape index (κ1) is 23.3. The Morgan fingerprint density at radius 1 is 1.13 bits per heavy atom. The summed E-state index contributed by atoms with van der Waals surface area (Å²) in [5.41, 5.74) is 0.949. The molecular weight excluding hydrogens is 416 g/mol. The molecule has 2 amide bonds. The predicted molar refractivity (Wildman–Crippen MR) is 118 cm³/mol. The normalized spacial score (nSPS) is 24.5. The highest BCUT2D eigenvalue weighted by Crippen LogP contribution is 2.31. The summed E-state index contributed by atoms with van der Waals surface area (Å²) in [5.74, 6) is -0.955. The maximum absolute atomic E-state index is 13.4. The molecule has 168 valence electrons. The fourth-order valence-corrected chi connectivity index (χ4v) is 5.39. The molecule has 0 aromatic heterocycles. The summed E-state index contributed by atoms with van der Waals surface area (Å²) in [6.45, 7) is 1.44. The third-order valence-electron chi connectivity index (χ3n) is 5.98. The summed E-state index contributed by atoms with van der Waals surface area (Å²) >= 11 is 0.979. The first-order valence-corrected chi connectivity index (χ1v) is 11.7. The summed E-state index contributed by atoms with van der Waals surface area (Å²) < 4.78 is 4.93. The van der Waals surface area contributed by atoms with Crippen molar-refractivity contribution in [2.75, 3.05) is 7.11 Å². The summed E-state index contributed by atoms with van der Waals surface area (Å²) in [4.78, 5) is 52.2. The van der Waals surface area contributed by atoms with Gasteiger partial charge in [-0.2, -0.15) is 0 Å². The van der Waals surface area contributed by atoms with Gasteiger partial charge in [0.1, 0.15) is 12.1 Å². The number of hydrogen-bond acceptors (Lipinski definition) is 6. The monoisotopic (exact) mass is 446 g/mol. The van der Waals surface area contributed by atoms with Gasteiger partial charge in [0, 0.05) is 13.0 Å². The molecule has 2 aliphatic rings. The van der Waals surface area contributed by atoms with Crippen LogP contribution in [0.2, 0.25) is 0 Å². The Hall–Kier alpha value is -2.35. The minimum absolute atomic E-state index is 0.000961. The van der Waals surface area contributed by atoms with E-state index in [-0.39, 0.29) is 23.0 Å². The van der Waals surface area contributed by atoms with E-state index in [0.717, 1.165) is 43.0 Å². The third-order valence-corrected chi connectivity index (χ3v) is 6.98. The van der Waals surface area contributed by atoms with Crippen LogP contribution in [0.4, 0.5) is 0 Å². The second-order valence-corrected chi connectivity index (χ2v) is 9.53. The Bertz CT molecular complexity index is 815. The molecule has 2 aliphatic heterocycles. The molecule has 0 saturated carbocycles. The predicted octanol–water partition coefficient (Wildman–Crippen LogP) is 2.47. The van der Waals surface area contributed by atoms with Crippen molar-refractivity contribution in [3.63, 3.8) is 0 Å². The zero-order valence-corrected chi connectivity index (χ0v) is 18.9. The zero-order valence-electron chi connectivity index (χ0n) is 18.0. The van der Waals surface area contributed by atoms with Gasteiger partial charge in [-0.3, -0.25) is 14.4 Å². The van der Waals surface area contributed by atoms with E-state index in [9.17, 15) is 19.2 Å². The Labute approximate surface area is 187 Å². The standard InChI is InChI=1S/C23H30N2O5S/c1-15(26)31-20(14-16-8-4-3-5-9-16)21(27)24-18-12-6-10-17-11-7-13-19(23(29)30-2)25(17)22(18)28/h3-5,8-9,17-20H,6-7,10-14H2,1-2H3,(H,24,27)/t17-,18-,19-,20-/m0/s1.